The zero-order valence-electron chi connectivity index (χ0n) is 12.0. The van der Waals surface area contributed by atoms with E-state index >= 15 is 0 Å². The Morgan fingerprint density at radius 1 is 1.30 bits per heavy atom. The summed E-state index contributed by atoms with van der Waals surface area (Å²) in [6.07, 6.45) is 0. The average Bonchev–Trinajstić information content (AvgIpc) is 2.43. The molecule has 0 aromatic heterocycles. The smallest absolute Gasteiger partial charge is 0.325 e. The van der Waals surface area contributed by atoms with Crippen molar-refractivity contribution in [1.82, 2.24) is 4.90 Å². The number of hydrogen-bond acceptors (Lipinski definition) is 4. The molecule has 0 radical (unpaired) electrons. The summed E-state index contributed by atoms with van der Waals surface area (Å²) in [4.78, 5) is 25.4. The van der Waals surface area contributed by atoms with Gasteiger partial charge in [0.05, 0.1) is 19.8 Å². The Morgan fingerprint density at radius 3 is 2.45 bits per heavy atom. The van der Waals surface area contributed by atoms with Crippen LogP contribution in [0.1, 0.15) is 24.2 Å². The average molecular weight is 344 g/mol. The van der Waals surface area contributed by atoms with Gasteiger partial charge in [-0.25, -0.2) is 0 Å². The van der Waals surface area contributed by atoms with Gasteiger partial charge in [0.2, 0.25) is 0 Å². The molecule has 1 amide bonds. The summed E-state index contributed by atoms with van der Waals surface area (Å²) < 4.78 is 10.4. The van der Waals surface area contributed by atoms with Gasteiger partial charge in [-0.15, -0.1) is 0 Å². The zero-order chi connectivity index (χ0) is 15.3. The Hall–Kier alpha value is -1.56. The maximum Gasteiger partial charge on any atom is 0.325 e. The Bertz CT molecular complexity index is 502. The number of carbonyl (C=O) groups is 2. The van der Waals surface area contributed by atoms with E-state index in [1.54, 1.807) is 18.2 Å². The molecule has 0 saturated carbocycles. The third kappa shape index (κ3) is 3.96. The van der Waals surface area contributed by atoms with E-state index in [4.69, 9.17) is 4.74 Å². The Balaban J connectivity index is 3.09. The number of nitrogens with zero attached hydrogens (tertiary/aromatic N) is 1. The van der Waals surface area contributed by atoms with Crippen LogP contribution in [0.5, 0.6) is 5.75 Å². The highest BCUT2D eigenvalue weighted by Gasteiger charge is 2.24. The zero-order valence-corrected chi connectivity index (χ0v) is 13.6. The van der Waals surface area contributed by atoms with E-state index in [-0.39, 0.29) is 18.5 Å². The van der Waals surface area contributed by atoms with Crippen LogP contribution in [-0.2, 0) is 9.53 Å². The molecule has 0 spiro atoms. The maximum absolute atomic E-state index is 12.6. The molecule has 0 aliphatic carbocycles. The molecule has 0 aliphatic heterocycles. The second-order valence-electron chi connectivity index (χ2n) is 4.45. The van der Waals surface area contributed by atoms with E-state index < -0.39 is 5.97 Å². The van der Waals surface area contributed by atoms with Crippen LogP contribution in [0.4, 0.5) is 0 Å². The highest BCUT2D eigenvalue weighted by molar-refractivity contribution is 9.10. The van der Waals surface area contributed by atoms with Crippen LogP contribution >= 0.6 is 15.9 Å². The molecular formula is C14H18BrNO4. The van der Waals surface area contributed by atoms with Gasteiger partial charge < -0.3 is 14.4 Å². The summed E-state index contributed by atoms with van der Waals surface area (Å²) in [6.45, 7) is 3.60. The van der Waals surface area contributed by atoms with Gasteiger partial charge in [0.15, 0.2) is 0 Å². The fourth-order valence-electron chi connectivity index (χ4n) is 1.64. The molecule has 1 rings (SSSR count). The molecule has 0 atom stereocenters. The molecule has 1 aromatic rings. The topological polar surface area (TPSA) is 55.8 Å². The van der Waals surface area contributed by atoms with Crippen molar-refractivity contribution in [3.63, 3.8) is 0 Å². The van der Waals surface area contributed by atoms with Crippen LogP contribution in [0, 0.1) is 0 Å². The van der Waals surface area contributed by atoms with Crippen LogP contribution in [-0.4, -0.2) is 43.6 Å². The third-order valence-corrected chi connectivity index (χ3v) is 3.51. The molecule has 0 fully saturated rings. The number of halogens is 1. The molecule has 6 heteroatoms. The molecule has 1 aromatic carbocycles. The van der Waals surface area contributed by atoms with Crippen LogP contribution in [0.3, 0.4) is 0 Å². The first-order chi connectivity index (χ1) is 9.40. The van der Waals surface area contributed by atoms with Crippen molar-refractivity contribution in [2.75, 3.05) is 20.8 Å². The minimum Gasteiger partial charge on any atom is -0.497 e. The van der Waals surface area contributed by atoms with Crippen molar-refractivity contribution in [3.8, 4) is 5.75 Å². The number of esters is 1. The number of benzene rings is 1. The van der Waals surface area contributed by atoms with Gasteiger partial charge in [-0.05, 0) is 48.0 Å². The van der Waals surface area contributed by atoms with Crippen LogP contribution in [0.25, 0.3) is 0 Å². The summed E-state index contributed by atoms with van der Waals surface area (Å²) >= 11 is 3.34. The summed E-state index contributed by atoms with van der Waals surface area (Å²) in [7, 11) is 2.83. The summed E-state index contributed by atoms with van der Waals surface area (Å²) in [6, 6.07) is 5.00. The Morgan fingerprint density at radius 2 is 1.95 bits per heavy atom. The quantitative estimate of drug-likeness (QED) is 0.770. The highest BCUT2D eigenvalue weighted by Crippen LogP contribution is 2.24. The molecule has 0 bridgehead atoms. The van der Waals surface area contributed by atoms with Gasteiger partial charge in [0.25, 0.3) is 5.91 Å². The lowest BCUT2D eigenvalue weighted by atomic mass is 10.1. The lowest BCUT2D eigenvalue weighted by Gasteiger charge is -2.26. The molecular weight excluding hydrogens is 326 g/mol. The van der Waals surface area contributed by atoms with Gasteiger partial charge in [0.1, 0.15) is 12.3 Å². The number of carbonyl (C=O) groups excluding carboxylic acids is 2. The number of methoxy groups -OCH3 is 2. The maximum atomic E-state index is 12.6. The van der Waals surface area contributed by atoms with Crippen molar-refractivity contribution < 1.29 is 19.1 Å². The molecule has 20 heavy (non-hydrogen) atoms. The summed E-state index contributed by atoms with van der Waals surface area (Å²) in [5.74, 6) is -0.124. The van der Waals surface area contributed by atoms with Crippen LogP contribution in [0.2, 0.25) is 0 Å². The highest BCUT2D eigenvalue weighted by atomic mass is 79.9. The second kappa shape index (κ2) is 7.28. The first-order valence-electron chi connectivity index (χ1n) is 6.12. The summed E-state index contributed by atoms with van der Waals surface area (Å²) in [5, 5.41) is 0. The third-order valence-electron chi connectivity index (χ3n) is 2.82. The van der Waals surface area contributed by atoms with E-state index in [1.165, 1.54) is 19.1 Å². The van der Waals surface area contributed by atoms with E-state index in [2.05, 4.69) is 20.7 Å². The monoisotopic (exact) mass is 343 g/mol. The standard InChI is InChI=1S/C14H18BrNO4/c1-9(2)16(8-13(17)20-4)14(18)11-7-10(19-3)5-6-12(11)15/h5-7,9H,8H2,1-4H3. The van der Waals surface area contributed by atoms with Crippen molar-refractivity contribution in [1.29, 1.82) is 0 Å². The Kier molecular flexibility index (Phi) is 6.01. The van der Waals surface area contributed by atoms with Crippen molar-refractivity contribution in [3.05, 3.63) is 28.2 Å². The van der Waals surface area contributed by atoms with Crippen LogP contribution in [0.15, 0.2) is 22.7 Å². The molecule has 0 unspecified atom stereocenters. The van der Waals surface area contributed by atoms with Gasteiger partial charge >= 0.3 is 5.97 Å². The van der Waals surface area contributed by atoms with E-state index in [0.717, 1.165) is 0 Å². The molecule has 0 heterocycles. The fourth-order valence-corrected chi connectivity index (χ4v) is 2.06. The molecule has 5 nitrogen and oxygen atoms in total. The number of amides is 1. The predicted molar refractivity (Wildman–Crippen MR) is 78.9 cm³/mol. The van der Waals surface area contributed by atoms with E-state index in [0.29, 0.717) is 15.8 Å². The lowest BCUT2D eigenvalue weighted by Crippen LogP contribution is -2.41. The molecule has 110 valence electrons. The SMILES string of the molecule is COC(=O)CN(C(=O)c1cc(OC)ccc1Br)C(C)C. The number of ether oxygens (including phenoxy) is 2. The fraction of sp³-hybridized carbons (Fsp3) is 0.429. The van der Waals surface area contributed by atoms with Crippen molar-refractivity contribution in [2.45, 2.75) is 19.9 Å². The van der Waals surface area contributed by atoms with Gasteiger partial charge in [-0.1, -0.05) is 0 Å². The minimum absolute atomic E-state index is 0.0867. The first kappa shape index (κ1) is 16.5. The predicted octanol–water partition coefficient (Wildman–Crippen LogP) is 2.48. The van der Waals surface area contributed by atoms with Gasteiger partial charge in [0, 0.05) is 10.5 Å². The molecule has 0 saturated heterocycles. The number of rotatable bonds is 5. The van der Waals surface area contributed by atoms with Gasteiger partial charge in [-0.2, -0.15) is 0 Å². The second-order valence-corrected chi connectivity index (χ2v) is 5.30. The van der Waals surface area contributed by atoms with Crippen LogP contribution < -0.4 is 4.74 Å². The minimum atomic E-state index is -0.453. The Labute approximate surface area is 127 Å². The van der Waals surface area contributed by atoms with E-state index in [9.17, 15) is 9.59 Å². The van der Waals surface area contributed by atoms with Crippen molar-refractivity contribution >= 4 is 27.8 Å². The molecule has 0 N–H and O–H groups in total. The lowest BCUT2D eigenvalue weighted by molar-refractivity contribution is -0.141. The van der Waals surface area contributed by atoms with Crippen molar-refractivity contribution in [2.24, 2.45) is 0 Å². The summed E-state index contributed by atoms with van der Waals surface area (Å²) in [5.41, 5.74) is 0.446. The molecule has 0 aliphatic rings. The van der Waals surface area contributed by atoms with E-state index in [1.807, 2.05) is 13.8 Å². The largest absolute Gasteiger partial charge is 0.497 e. The number of hydrogen-bond donors (Lipinski definition) is 0. The van der Waals surface area contributed by atoms with Gasteiger partial charge in [-0.3, -0.25) is 9.59 Å². The normalized spacial score (nSPS) is 10.3. The first-order valence-corrected chi connectivity index (χ1v) is 6.91.